The van der Waals surface area contributed by atoms with Crippen molar-refractivity contribution in [2.24, 2.45) is 0 Å². The number of hydrogen-bond donors (Lipinski definition) is 0. The number of carbonyl (C=O) groups is 1. The summed E-state index contributed by atoms with van der Waals surface area (Å²) in [6, 6.07) is 7.29. The first-order valence-corrected chi connectivity index (χ1v) is 7.78. The molecule has 2 aliphatic rings. The standard InChI is InChI=1S/C13H15NO3S/c1-9-2-4-10(5-3-9)13(15)14-7-12-6-11(14)8-18(12,16)17/h2-5,11-12H,6-8H2,1H3. The molecule has 1 aromatic carbocycles. The van der Waals surface area contributed by atoms with Crippen molar-refractivity contribution in [1.29, 1.82) is 0 Å². The van der Waals surface area contributed by atoms with Gasteiger partial charge in [-0.25, -0.2) is 8.42 Å². The number of sulfone groups is 1. The fraction of sp³-hybridized carbons (Fsp3) is 0.462. The lowest BCUT2D eigenvalue weighted by atomic mass is 10.1. The molecule has 0 spiro atoms. The Morgan fingerprint density at radius 3 is 2.44 bits per heavy atom. The molecule has 2 saturated heterocycles. The third-order valence-electron chi connectivity index (χ3n) is 3.87. The van der Waals surface area contributed by atoms with E-state index in [1.54, 1.807) is 17.0 Å². The van der Waals surface area contributed by atoms with Gasteiger partial charge >= 0.3 is 0 Å². The summed E-state index contributed by atoms with van der Waals surface area (Å²) < 4.78 is 23.3. The molecule has 0 N–H and O–H groups in total. The smallest absolute Gasteiger partial charge is 0.254 e. The van der Waals surface area contributed by atoms with Crippen LogP contribution in [0.2, 0.25) is 0 Å². The maximum Gasteiger partial charge on any atom is 0.254 e. The van der Waals surface area contributed by atoms with Crippen molar-refractivity contribution in [3.05, 3.63) is 35.4 Å². The van der Waals surface area contributed by atoms with Gasteiger partial charge in [0.15, 0.2) is 9.84 Å². The summed E-state index contributed by atoms with van der Waals surface area (Å²) in [5.74, 6) is 0.0901. The number of hydrogen-bond acceptors (Lipinski definition) is 3. The maximum absolute atomic E-state index is 12.3. The number of aryl methyl sites for hydroxylation is 1. The molecule has 0 aliphatic carbocycles. The Balaban J connectivity index is 1.82. The van der Waals surface area contributed by atoms with Crippen LogP contribution in [-0.4, -0.2) is 42.8 Å². The number of fused-ring (bicyclic) bond motifs is 2. The molecule has 2 heterocycles. The number of rotatable bonds is 1. The first-order valence-electron chi connectivity index (χ1n) is 6.06. The van der Waals surface area contributed by atoms with Gasteiger partial charge in [0.05, 0.1) is 11.0 Å². The number of nitrogens with zero attached hydrogens (tertiary/aromatic N) is 1. The summed E-state index contributed by atoms with van der Waals surface area (Å²) in [7, 11) is -2.94. The molecule has 0 saturated carbocycles. The molecule has 1 aromatic rings. The average Bonchev–Trinajstić information content (AvgIpc) is 2.84. The second-order valence-corrected chi connectivity index (χ2v) is 7.49. The molecule has 2 aliphatic heterocycles. The van der Waals surface area contributed by atoms with E-state index < -0.39 is 9.84 Å². The van der Waals surface area contributed by atoms with Crippen LogP contribution in [0.1, 0.15) is 22.3 Å². The molecular formula is C13H15NO3S. The molecule has 1 amide bonds. The van der Waals surface area contributed by atoms with Gasteiger partial charge in [-0.15, -0.1) is 0 Å². The molecule has 0 aromatic heterocycles. The molecular weight excluding hydrogens is 250 g/mol. The van der Waals surface area contributed by atoms with Gasteiger partial charge in [-0.2, -0.15) is 0 Å². The molecule has 5 heteroatoms. The molecule has 0 radical (unpaired) electrons. The maximum atomic E-state index is 12.3. The van der Waals surface area contributed by atoms with E-state index in [0.29, 0.717) is 18.5 Å². The Kier molecular flexibility index (Phi) is 2.48. The molecule has 2 atom stereocenters. The highest BCUT2D eigenvalue weighted by Crippen LogP contribution is 2.33. The lowest BCUT2D eigenvalue weighted by molar-refractivity contribution is 0.0746. The van der Waals surface area contributed by atoms with E-state index in [4.69, 9.17) is 0 Å². The van der Waals surface area contributed by atoms with Gasteiger partial charge in [0.25, 0.3) is 5.91 Å². The Hall–Kier alpha value is -1.36. The summed E-state index contributed by atoms with van der Waals surface area (Å²) in [4.78, 5) is 14.0. The highest BCUT2D eigenvalue weighted by Gasteiger charge is 2.49. The Bertz CT molecular complexity index is 591. The van der Waals surface area contributed by atoms with Crippen LogP contribution in [0.25, 0.3) is 0 Å². The van der Waals surface area contributed by atoms with Crippen LogP contribution in [0.15, 0.2) is 24.3 Å². The van der Waals surface area contributed by atoms with Crippen LogP contribution in [0.5, 0.6) is 0 Å². The zero-order valence-corrected chi connectivity index (χ0v) is 11.0. The first-order chi connectivity index (χ1) is 8.47. The fourth-order valence-corrected chi connectivity index (χ4v) is 4.83. The zero-order chi connectivity index (χ0) is 12.9. The molecule has 96 valence electrons. The van der Waals surface area contributed by atoms with E-state index in [1.165, 1.54) is 0 Å². The third kappa shape index (κ3) is 1.73. The molecule has 4 nitrogen and oxygen atoms in total. The molecule has 2 fully saturated rings. The van der Waals surface area contributed by atoms with Gasteiger partial charge < -0.3 is 4.90 Å². The van der Waals surface area contributed by atoms with E-state index in [-0.39, 0.29) is 23.0 Å². The quantitative estimate of drug-likeness (QED) is 0.761. The Morgan fingerprint density at radius 1 is 1.28 bits per heavy atom. The molecule has 3 rings (SSSR count). The van der Waals surface area contributed by atoms with Crippen LogP contribution in [0, 0.1) is 6.92 Å². The van der Waals surface area contributed by atoms with Crippen LogP contribution in [0.4, 0.5) is 0 Å². The average molecular weight is 265 g/mol. The van der Waals surface area contributed by atoms with E-state index in [2.05, 4.69) is 0 Å². The second kappa shape index (κ2) is 3.82. The second-order valence-electron chi connectivity index (χ2n) is 5.16. The van der Waals surface area contributed by atoms with Crippen molar-refractivity contribution < 1.29 is 13.2 Å². The van der Waals surface area contributed by atoms with Crippen molar-refractivity contribution in [2.45, 2.75) is 24.6 Å². The van der Waals surface area contributed by atoms with Crippen molar-refractivity contribution in [3.8, 4) is 0 Å². The number of carbonyl (C=O) groups excluding carboxylic acids is 1. The van der Waals surface area contributed by atoms with Crippen LogP contribution < -0.4 is 0 Å². The lowest BCUT2D eigenvalue weighted by Gasteiger charge is -2.26. The predicted molar refractivity (Wildman–Crippen MR) is 68.2 cm³/mol. The summed E-state index contributed by atoms with van der Waals surface area (Å²) in [6.07, 6.45) is 0.611. The number of benzene rings is 1. The zero-order valence-electron chi connectivity index (χ0n) is 10.2. The number of amides is 1. The van der Waals surface area contributed by atoms with Crippen LogP contribution >= 0.6 is 0 Å². The van der Waals surface area contributed by atoms with Crippen LogP contribution in [-0.2, 0) is 9.84 Å². The molecule has 2 bridgehead atoms. The van der Waals surface area contributed by atoms with Gasteiger partial charge in [-0.1, -0.05) is 17.7 Å². The minimum Gasteiger partial charge on any atom is -0.333 e. The largest absolute Gasteiger partial charge is 0.333 e. The minimum absolute atomic E-state index is 0.0441. The van der Waals surface area contributed by atoms with Gasteiger partial charge in [0.2, 0.25) is 0 Å². The van der Waals surface area contributed by atoms with Gasteiger partial charge in [-0.3, -0.25) is 4.79 Å². The fourth-order valence-electron chi connectivity index (χ4n) is 2.81. The monoisotopic (exact) mass is 265 g/mol. The van der Waals surface area contributed by atoms with Gasteiger partial charge in [0, 0.05) is 18.2 Å². The summed E-state index contributed by atoms with van der Waals surface area (Å²) in [5.41, 5.74) is 1.75. The topological polar surface area (TPSA) is 54.5 Å². The highest BCUT2D eigenvalue weighted by molar-refractivity contribution is 7.92. The summed E-state index contributed by atoms with van der Waals surface area (Å²) in [6.45, 7) is 2.33. The minimum atomic E-state index is -2.94. The summed E-state index contributed by atoms with van der Waals surface area (Å²) >= 11 is 0. The third-order valence-corrected chi connectivity index (χ3v) is 6.07. The van der Waals surface area contributed by atoms with Crippen molar-refractivity contribution in [3.63, 3.8) is 0 Å². The molecule has 2 unspecified atom stereocenters. The lowest BCUT2D eigenvalue weighted by Crippen LogP contribution is -2.44. The SMILES string of the molecule is Cc1ccc(C(=O)N2CC3CC2CS3(=O)=O)cc1. The highest BCUT2D eigenvalue weighted by atomic mass is 32.2. The Labute approximate surface area is 107 Å². The van der Waals surface area contributed by atoms with Crippen molar-refractivity contribution >= 4 is 15.7 Å². The Morgan fingerprint density at radius 2 is 1.94 bits per heavy atom. The predicted octanol–water partition coefficient (Wildman–Crippen LogP) is 1.01. The normalized spacial score (nSPS) is 28.6. The van der Waals surface area contributed by atoms with E-state index in [9.17, 15) is 13.2 Å². The van der Waals surface area contributed by atoms with E-state index in [1.807, 2.05) is 19.1 Å². The van der Waals surface area contributed by atoms with Gasteiger partial charge in [-0.05, 0) is 25.5 Å². The number of likely N-dealkylation sites (tertiary alicyclic amines) is 1. The first kappa shape index (κ1) is 11.7. The van der Waals surface area contributed by atoms with Crippen LogP contribution in [0.3, 0.4) is 0 Å². The van der Waals surface area contributed by atoms with Crippen molar-refractivity contribution in [2.75, 3.05) is 12.3 Å². The summed E-state index contributed by atoms with van der Waals surface area (Å²) in [5, 5.41) is -0.336. The van der Waals surface area contributed by atoms with E-state index in [0.717, 1.165) is 5.56 Å². The van der Waals surface area contributed by atoms with E-state index >= 15 is 0 Å². The molecule has 18 heavy (non-hydrogen) atoms. The van der Waals surface area contributed by atoms with Crippen molar-refractivity contribution in [1.82, 2.24) is 4.90 Å². The van der Waals surface area contributed by atoms with Gasteiger partial charge in [0.1, 0.15) is 0 Å².